The highest BCUT2D eigenvalue weighted by Crippen LogP contribution is 2.31. The van der Waals surface area contributed by atoms with Crippen molar-refractivity contribution in [3.8, 4) is 0 Å². The number of nitrogens with zero attached hydrogens (tertiary/aromatic N) is 1. The maximum absolute atomic E-state index is 12.2. The minimum atomic E-state index is -3.04. The van der Waals surface area contributed by atoms with Crippen LogP contribution in [0.5, 0.6) is 0 Å². The molecule has 1 aliphatic heterocycles. The fourth-order valence-corrected chi connectivity index (χ4v) is 4.73. The Labute approximate surface area is 146 Å². The van der Waals surface area contributed by atoms with Crippen LogP contribution in [0.1, 0.15) is 6.92 Å². The first-order valence-electron chi connectivity index (χ1n) is 6.92. The van der Waals surface area contributed by atoms with Crippen molar-refractivity contribution < 1.29 is 12.8 Å². The molecule has 1 atom stereocenters. The number of rotatable bonds is 2. The Morgan fingerprint density at radius 1 is 1.43 bits per heavy atom. The molecule has 124 valence electrons. The summed E-state index contributed by atoms with van der Waals surface area (Å²) in [7, 11) is -3.04. The Morgan fingerprint density at radius 3 is 2.87 bits per heavy atom. The van der Waals surface area contributed by atoms with Gasteiger partial charge in [-0.15, -0.1) is 0 Å². The molecule has 2 aromatic rings. The van der Waals surface area contributed by atoms with Gasteiger partial charge >= 0.3 is 5.63 Å². The number of anilines is 1. The predicted octanol–water partition coefficient (Wildman–Crippen LogP) is 2.65. The second-order valence-electron chi connectivity index (χ2n) is 5.49. The normalized spacial score (nSPS) is 21.4. The van der Waals surface area contributed by atoms with E-state index in [1.807, 2.05) is 0 Å². The summed E-state index contributed by atoms with van der Waals surface area (Å²) in [4.78, 5) is 12.2. The van der Waals surface area contributed by atoms with Crippen LogP contribution in [0, 0.1) is 0 Å². The molecular weight excluding hydrogens is 408 g/mol. The second-order valence-corrected chi connectivity index (χ2v) is 9.01. The van der Waals surface area contributed by atoms with Gasteiger partial charge in [0.15, 0.2) is 15.5 Å². The number of fused-ring (bicyclic) bond motifs is 1. The molecule has 0 amide bonds. The number of sulfone groups is 1. The maximum Gasteiger partial charge on any atom is 0.362 e. The van der Waals surface area contributed by atoms with Crippen LogP contribution in [0.25, 0.3) is 11.0 Å². The Morgan fingerprint density at radius 2 is 2.17 bits per heavy atom. The van der Waals surface area contributed by atoms with Crippen LogP contribution in [-0.2, 0) is 9.84 Å². The summed E-state index contributed by atoms with van der Waals surface area (Å²) in [6, 6.07) is 4.90. The first-order chi connectivity index (χ1) is 10.8. The average molecular weight is 422 g/mol. The Kier molecular flexibility index (Phi) is 4.43. The van der Waals surface area contributed by atoms with E-state index in [0.29, 0.717) is 11.0 Å². The van der Waals surface area contributed by atoms with Gasteiger partial charge in [0.1, 0.15) is 5.58 Å². The molecule has 1 fully saturated rings. The predicted molar refractivity (Wildman–Crippen MR) is 93.6 cm³/mol. The lowest BCUT2D eigenvalue weighted by Gasteiger charge is -2.33. The number of hydrazine groups is 1. The van der Waals surface area contributed by atoms with Crippen molar-refractivity contribution in [2.24, 2.45) is 0 Å². The van der Waals surface area contributed by atoms with Crippen molar-refractivity contribution in [2.45, 2.75) is 13.0 Å². The van der Waals surface area contributed by atoms with Crippen LogP contribution >= 0.6 is 27.5 Å². The number of hydrogen-bond acceptors (Lipinski definition) is 6. The summed E-state index contributed by atoms with van der Waals surface area (Å²) in [6.07, 6.45) is 0. The number of halogens is 2. The SMILES string of the molecule is CC1CS(=O)(=O)CCN1Nc1c(Cl)c2cc(Br)ccc2oc1=O. The smallest absolute Gasteiger partial charge is 0.362 e. The van der Waals surface area contributed by atoms with Gasteiger partial charge in [-0.2, -0.15) is 0 Å². The molecule has 23 heavy (non-hydrogen) atoms. The van der Waals surface area contributed by atoms with Gasteiger partial charge in [-0.3, -0.25) is 0 Å². The highest BCUT2D eigenvalue weighted by molar-refractivity contribution is 9.10. The number of hydrogen-bond donors (Lipinski definition) is 1. The van der Waals surface area contributed by atoms with Crippen LogP contribution in [0.2, 0.25) is 5.02 Å². The van der Waals surface area contributed by atoms with Crippen LogP contribution in [0.4, 0.5) is 5.69 Å². The van der Waals surface area contributed by atoms with Crippen molar-refractivity contribution in [2.75, 3.05) is 23.5 Å². The van der Waals surface area contributed by atoms with Crippen LogP contribution < -0.4 is 11.1 Å². The molecule has 6 nitrogen and oxygen atoms in total. The molecule has 0 bridgehead atoms. The maximum atomic E-state index is 12.2. The minimum absolute atomic E-state index is 0.0298. The van der Waals surface area contributed by atoms with E-state index in [9.17, 15) is 13.2 Å². The fraction of sp³-hybridized carbons (Fsp3) is 0.357. The minimum Gasteiger partial charge on any atom is -0.421 e. The van der Waals surface area contributed by atoms with E-state index < -0.39 is 15.5 Å². The quantitative estimate of drug-likeness (QED) is 0.751. The largest absolute Gasteiger partial charge is 0.421 e. The third kappa shape index (κ3) is 3.40. The van der Waals surface area contributed by atoms with Crippen molar-refractivity contribution >= 4 is 54.0 Å². The van der Waals surface area contributed by atoms with Crippen molar-refractivity contribution in [3.63, 3.8) is 0 Å². The van der Waals surface area contributed by atoms with Gasteiger partial charge in [0.25, 0.3) is 0 Å². The van der Waals surface area contributed by atoms with Crippen LogP contribution in [0.3, 0.4) is 0 Å². The van der Waals surface area contributed by atoms with Crippen LogP contribution in [0.15, 0.2) is 31.9 Å². The first kappa shape index (κ1) is 16.8. The van der Waals surface area contributed by atoms with Crippen molar-refractivity contribution in [1.29, 1.82) is 0 Å². The summed E-state index contributed by atoms with van der Waals surface area (Å²) < 4.78 is 29.4. The van der Waals surface area contributed by atoms with Crippen molar-refractivity contribution in [1.82, 2.24) is 5.01 Å². The van der Waals surface area contributed by atoms with Gasteiger partial charge in [0.05, 0.1) is 16.5 Å². The molecular formula is C14H14BrClN2O4S. The van der Waals surface area contributed by atoms with Gasteiger partial charge in [0, 0.05) is 22.4 Å². The molecule has 1 N–H and O–H groups in total. The van der Waals surface area contributed by atoms with Gasteiger partial charge in [0.2, 0.25) is 0 Å². The molecule has 0 saturated carbocycles. The molecule has 2 heterocycles. The fourth-order valence-electron chi connectivity index (χ4n) is 2.54. The molecule has 1 unspecified atom stereocenters. The van der Waals surface area contributed by atoms with E-state index in [1.54, 1.807) is 30.1 Å². The standard InChI is InChI=1S/C14H14BrClN2O4S/c1-8-7-23(20,21)5-4-18(8)17-13-12(16)10-6-9(15)2-3-11(10)22-14(13)19/h2-3,6,8,17H,4-5,7H2,1H3. The van der Waals surface area contributed by atoms with Crippen molar-refractivity contribution in [3.05, 3.63) is 38.1 Å². The van der Waals surface area contributed by atoms with E-state index in [-0.39, 0.29) is 34.8 Å². The summed E-state index contributed by atoms with van der Waals surface area (Å²) in [6.45, 7) is 2.05. The zero-order valence-electron chi connectivity index (χ0n) is 12.2. The molecule has 1 aliphatic rings. The molecule has 1 aromatic heterocycles. The zero-order chi connectivity index (χ0) is 16.8. The molecule has 0 spiro atoms. The highest BCUT2D eigenvalue weighted by Gasteiger charge is 2.29. The van der Waals surface area contributed by atoms with Gasteiger partial charge < -0.3 is 9.84 Å². The summed E-state index contributed by atoms with van der Waals surface area (Å²) in [5.41, 5.74) is 2.85. The molecule has 3 rings (SSSR count). The highest BCUT2D eigenvalue weighted by atomic mass is 79.9. The molecule has 9 heteroatoms. The second kappa shape index (κ2) is 6.08. The number of benzene rings is 1. The lowest BCUT2D eigenvalue weighted by molar-refractivity contribution is 0.274. The molecule has 0 aliphatic carbocycles. The monoisotopic (exact) mass is 420 g/mol. The third-order valence-corrected chi connectivity index (χ3v) is 6.41. The summed E-state index contributed by atoms with van der Waals surface area (Å²) in [5, 5.41) is 2.54. The van der Waals surface area contributed by atoms with Gasteiger partial charge in [-0.25, -0.2) is 18.2 Å². The van der Waals surface area contributed by atoms with E-state index in [1.165, 1.54) is 0 Å². The summed E-state index contributed by atoms with van der Waals surface area (Å²) >= 11 is 9.71. The van der Waals surface area contributed by atoms with Gasteiger partial charge in [-0.1, -0.05) is 27.5 Å². The first-order valence-corrected chi connectivity index (χ1v) is 9.92. The van der Waals surface area contributed by atoms with E-state index in [4.69, 9.17) is 16.0 Å². The third-order valence-electron chi connectivity index (χ3n) is 3.73. The molecule has 1 saturated heterocycles. The zero-order valence-corrected chi connectivity index (χ0v) is 15.3. The van der Waals surface area contributed by atoms with Crippen LogP contribution in [-0.4, -0.2) is 37.5 Å². The lowest BCUT2D eigenvalue weighted by Crippen LogP contribution is -2.50. The number of nitrogens with one attached hydrogen (secondary N) is 1. The van der Waals surface area contributed by atoms with E-state index >= 15 is 0 Å². The summed E-state index contributed by atoms with van der Waals surface area (Å²) in [5.74, 6) is 0.0640. The molecule has 0 radical (unpaired) electrons. The Hall–Kier alpha value is -1.09. The lowest BCUT2D eigenvalue weighted by atomic mass is 10.2. The van der Waals surface area contributed by atoms with E-state index in [2.05, 4.69) is 21.4 Å². The van der Waals surface area contributed by atoms with Gasteiger partial charge in [-0.05, 0) is 25.1 Å². The average Bonchev–Trinajstić information content (AvgIpc) is 2.46. The topological polar surface area (TPSA) is 79.6 Å². The Balaban J connectivity index is 1.99. The van der Waals surface area contributed by atoms with E-state index in [0.717, 1.165) is 4.47 Å². The Bertz CT molecular complexity index is 928. The molecule has 1 aromatic carbocycles.